The van der Waals surface area contributed by atoms with Gasteiger partial charge in [0.2, 0.25) is 0 Å². The van der Waals surface area contributed by atoms with Crippen LogP contribution in [0.1, 0.15) is 31.7 Å². The average molecular weight is 353 g/mol. The minimum Gasteiger partial charge on any atom is -0.497 e. The molecule has 0 unspecified atom stereocenters. The lowest BCUT2D eigenvalue weighted by Gasteiger charge is -2.16. The number of rotatable bonds is 3. The van der Waals surface area contributed by atoms with Crippen LogP contribution in [0.25, 0.3) is 22.2 Å². The minimum absolute atomic E-state index is 0.245. The Labute approximate surface area is 151 Å². The van der Waals surface area contributed by atoms with E-state index >= 15 is 0 Å². The van der Waals surface area contributed by atoms with E-state index < -0.39 is 0 Å². The van der Waals surface area contributed by atoms with Crippen LogP contribution in [-0.2, 0) is 14.1 Å². The highest BCUT2D eigenvalue weighted by Crippen LogP contribution is 2.37. The quantitative estimate of drug-likeness (QED) is 0.727. The molecule has 0 aliphatic heterocycles. The molecule has 0 radical (unpaired) electrons. The molecule has 0 amide bonds. The maximum Gasteiger partial charge on any atom is 0.330 e. The Morgan fingerprint density at radius 2 is 1.65 bits per heavy atom. The molecule has 2 heterocycles. The Morgan fingerprint density at radius 3 is 2.27 bits per heavy atom. The van der Waals surface area contributed by atoms with Gasteiger partial charge in [-0.25, -0.2) is 4.79 Å². The first-order chi connectivity index (χ1) is 12.5. The predicted octanol–water partition coefficient (Wildman–Crippen LogP) is 2.83. The molecule has 6 heteroatoms. The van der Waals surface area contributed by atoms with E-state index in [2.05, 4.69) is 4.57 Å². The zero-order valence-corrected chi connectivity index (χ0v) is 15.4. The van der Waals surface area contributed by atoms with Crippen molar-refractivity contribution in [3.63, 3.8) is 0 Å². The van der Waals surface area contributed by atoms with E-state index in [0.29, 0.717) is 16.9 Å². The highest BCUT2D eigenvalue weighted by molar-refractivity contribution is 5.93. The number of ether oxygens (including phenoxy) is 1. The fourth-order valence-corrected chi connectivity index (χ4v) is 4.07. The third-order valence-electron chi connectivity index (χ3n) is 5.55. The molecule has 1 aliphatic rings. The van der Waals surface area contributed by atoms with E-state index in [1.807, 2.05) is 30.5 Å². The molecule has 136 valence electrons. The van der Waals surface area contributed by atoms with Gasteiger partial charge in [-0.15, -0.1) is 0 Å². The smallest absolute Gasteiger partial charge is 0.330 e. The molecule has 0 spiro atoms. The Balaban J connectivity index is 2.08. The molecular formula is C20H23N3O3. The lowest BCUT2D eigenvalue weighted by atomic mass is 10.1. The van der Waals surface area contributed by atoms with Crippen molar-refractivity contribution in [1.29, 1.82) is 0 Å². The normalized spacial score (nSPS) is 15.0. The van der Waals surface area contributed by atoms with Crippen molar-refractivity contribution < 1.29 is 4.74 Å². The standard InChI is InChI=1S/C20H23N3O3/c1-21-16-12-23(14-6-4-5-7-14)18(13-8-10-15(26-3)11-9-13)17(16)19(24)22(2)20(21)25/h8-12,14H,4-7H2,1-3H3. The zero-order chi connectivity index (χ0) is 18.4. The SMILES string of the molecule is COc1ccc(-c2c3c(=O)n(C)c(=O)n(C)c3cn2C2CCCC2)cc1. The molecule has 0 N–H and O–H groups in total. The lowest BCUT2D eigenvalue weighted by Crippen LogP contribution is -2.36. The molecule has 0 atom stereocenters. The summed E-state index contributed by atoms with van der Waals surface area (Å²) < 4.78 is 10.2. The number of fused-ring (bicyclic) bond motifs is 1. The van der Waals surface area contributed by atoms with E-state index in [-0.39, 0.29) is 11.2 Å². The fraction of sp³-hybridized carbons (Fsp3) is 0.400. The highest BCUT2D eigenvalue weighted by atomic mass is 16.5. The summed E-state index contributed by atoms with van der Waals surface area (Å²) >= 11 is 0. The van der Waals surface area contributed by atoms with Gasteiger partial charge in [-0.2, -0.15) is 0 Å². The van der Waals surface area contributed by atoms with Crippen molar-refractivity contribution in [3.8, 4) is 17.0 Å². The minimum atomic E-state index is -0.299. The second-order valence-electron chi connectivity index (χ2n) is 7.02. The van der Waals surface area contributed by atoms with Gasteiger partial charge >= 0.3 is 5.69 Å². The molecular weight excluding hydrogens is 330 g/mol. The van der Waals surface area contributed by atoms with Crippen molar-refractivity contribution in [3.05, 3.63) is 51.3 Å². The predicted molar refractivity (Wildman–Crippen MR) is 102 cm³/mol. The Hall–Kier alpha value is -2.76. The van der Waals surface area contributed by atoms with Crippen LogP contribution in [0.3, 0.4) is 0 Å². The average Bonchev–Trinajstić information content (AvgIpc) is 3.32. The van der Waals surface area contributed by atoms with Crippen LogP contribution >= 0.6 is 0 Å². The molecule has 1 aromatic carbocycles. The first-order valence-electron chi connectivity index (χ1n) is 8.98. The number of aryl methyl sites for hydroxylation is 1. The van der Waals surface area contributed by atoms with Gasteiger partial charge in [-0.1, -0.05) is 12.8 Å². The van der Waals surface area contributed by atoms with Crippen molar-refractivity contribution in [2.45, 2.75) is 31.7 Å². The Morgan fingerprint density at radius 1 is 1.00 bits per heavy atom. The molecule has 2 aromatic heterocycles. The largest absolute Gasteiger partial charge is 0.497 e. The Kier molecular flexibility index (Phi) is 3.98. The second-order valence-corrected chi connectivity index (χ2v) is 7.02. The van der Waals surface area contributed by atoms with Gasteiger partial charge < -0.3 is 9.30 Å². The van der Waals surface area contributed by atoms with Gasteiger partial charge in [0.05, 0.1) is 23.7 Å². The summed E-state index contributed by atoms with van der Waals surface area (Å²) in [7, 11) is 4.90. The Bertz CT molecular complexity index is 1080. The highest BCUT2D eigenvalue weighted by Gasteiger charge is 2.25. The fourth-order valence-electron chi connectivity index (χ4n) is 4.07. The van der Waals surface area contributed by atoms with Gasteiger partial charge in [0.25, 0.3) is 5.56 Å². The van der Waals surface area contributed by atoms with E-state index in [9.17, 15) is 9.59 Å². The van der Waals surface area contributed by atoms with Crippen molar-refractivity contribution >= 4 is 10.9 Å². The van der Waals surface area contributed by atoms with Crippen LogP contribution in [0.5, 0.6) is 5.75 Å². The number of benzene rings is 1. The number of hydrogen-bond acceptors (Lipinski definition) is 3. The van der Waals surface area contributed by atoms with Crippen LogP contribution in [0, 0.1) is 0 Å². The number of nitrogens with zero attached hydrogens (tertiary/aromatic N) is 3. The second kappa shape index (κ2) is 6.20. The third-order valence-corrected chi connectivity index (χ3v) is 5.55. The van der Waals surface area contributed by atoms with Gasteiger partial charge in [-0.3, -0.25) is 13.9 Å². The molecule has 1 aliphatic carbocycles. The molecule has 0 bridgehead atoms. The summed E-state index contributed by atoms with van der Waals surface area (Å²) in [6, 6.07) is 8.12. The summed E-state index contributed by atoms with van der Waals surface area (Å²) in [5.41, 5.74) is 2.00. The molecule has 1 fully saturated rings. The van der Waals surface area contributed by atoms with E-state index in [4.69, 9.17) is 4.74 Å². The van der Waals surface area contributed by atoms with Crippen molar-refractivity contribution in [2.24, 2.45) is 14.1 Å². The number of aromatic nitrogens is 3. The van der Waals surface area contributed by atoms with Crippen LogP contribution in [0.2, 0.25) is 0 Å². The summed E-state index contributed by atoms with van der Waals surface area (Å²) in [5, 5.41) is 0.603. The maximum atomic E-state index is 13.0. The van der Waals surface area contributed by atoms with Crippen LogP contribution in [-0.4, -0.2) is 20.8 Å². The maximum absolute atomic E-state index is 13.0. The third kappa shape index (κ3) is 2.40. The van der Waals surface area contributed by atoms with Crippen molar-refractivity contribution in [1.82, 2.24) is 13.7 Å². The van der Waals surface area contributed by atoms with E-state index in [1.54, 1.807) is 18.7 Å². The summed E-state index contributed by atoms with van der Waals surface area (Å²) in [4.78, 5) is 25.3. The van der Waals surface area contributed by atoms with Crippen LogP contribution in [0.4, 0.5) is 0 Å². The summed E-state index contributed by atoms with van der Waals surface area (Å²) in [6.07, 6.45) is 6.56. The summed E-state index contributed by atoms with van der Waals surface area (Å²) in [6.45, 7) is 0. The summed E-state index contributed by atoms with van der Waals surface area (Å²) in [5.74, 6) is 0.775. The molecule has 3 aromatic rings. The van der Waals surface area contributed by atoms with Crippen LogP contribution in [0.15, 0.2) is 40.1 Å². The number of hydrogen-bond donors (Lipinski definition) is 0. The van der Waals surface area contributed by atoms with Crippen molar-refractivity contribution in [2.75, 3.05) is 7.11 Å². The first kappa shape index (κ1) is 16.7. The zero-order valence-electron chi connectivity index (χ0n) is 15.4. The van der Waals surface area contributed by atoms with Crippen LogP contribution < -0.4 is 16.0 Å². The number of methoxy groups -OCH3 is 1. The first-order valence-corrected chi connectivity index (χ1v) is 8.98. The van der Waals surface area contributed by atoms with Gasteiger partial charge in [-0.05, 0) is 42.7 Å². The lowest BCUT2D eigenvalue weighted by molar-refractivity contribution is 0.415. The van der Waals surface area contributed by atoms with E-state index in [1.165, 1.54) is 24.5 Å². The molecule has 26 heavy (non-hydrogen) atoms. The van der Waals surface area contributed by atoms with Gasteiger partial charge in [0.15, 0.2) is 0 Å². The molecule has 0 saturated heterocycles. The van der Waals surface area contributed by atoms with E-state index in [0.717, 1.165) is 29.8 Å². The monoisotopic (exact) mass is 353 g/mol. The van der Waals surface area contributed by atoms with Gasteiger partial charge in [0, 0.05) is 26.3 Å². The molecule has 6 nitrogen and oxygen atoms in total. The van der Waals surface area contributed by atoms with Gasteiger partial charge in [0.1, 0.15) is 5.75 Å². The topological polar surface area (TPSA) is 58.2 Å². The molecule has 4 rings (SSSR count). The molecule has 1 saturated carbocycles.